The molecule has 3 saturated carbocycles. The van der Waals surface area contributed by atoms with E-state index in [9.17, 15) is 4.79 Å². The van der Waals surface area contributed by atoms with E-state index in [0.717, 1.165) is 44.1 Å². The molecule has 1 aromatic carbocycles. The molecule has 2 bridgehead atoms. The Morgan fingerprint density at radius 3 is 2.20 bits per heavy atom. The van der Waals surface area contributed by atoms with E-state index in [0.29, 0.717) is 6.61 Å². The van der Waals surface area contributed by atoms with Gasteiger partial charge in [0.05, 0.1) is 11.0 Å². The van der Waals surface area contributed by atoms with Gasteiger partial charge in [-0.25, -0.2) is 0 Å². The van der Waals surface area contributed by atoms with Crippen molar-refractivity contribution in [3.8, 4) is 0 Å². The van der Waals surface area contributed by atoms with Gasteiger partial charge >= 0.3 is 5.97 Å². The van der Waals surface area contributed by atoms with Gasteiger partial charge in [0.2, 0.25) is 0 Å². The predicted molar refractivity (Wildman–Crippen MR) is 76.1 cm³/mol. The Labute approximate surface area is 120 Å². The van der Waals surface area contributed by atoms with Gasteiger partial charge in [-0.2, -0.15) is 0 Å². The number of methoxy groups -OCH3 is 1. The molecule has 4 rings (SSSR count). The summed E-state index contributed by atoms with van der Waals surface area (Å²) in [6.07, 6.45) is 5.70. The number of hydrogen-bond donors (Lipinski definition) is 0. The molecule has 3 aliphatic carbocycles. The van der Waals surface area contributed by atoms with Crippen molar-refractivity contribution in [3.05, 3.63) is 35.9 Å². The molecule has 0 atom stereocenters. The third-order valence-corrected chi connectivity index (χ3v) is 5.26. The Morgan fingerprint density at radius 2 is 1.65 bits per heavy atom. The summed E-state index contributed by atoms with van der Waals surface area (Å²) in [5.41, 5.74) is 0.853. The largest absolute Gasteiger partial charge is 0.460 e. The first-order chi connectivity index (χ1) is 9.68. The number of benzene rings is 1. The van der Waals surface area contributed by atoms with Crippen molar-refractivity contribution in [1.29, 1.82) is 0 Å². The number of esters is 1. The Hall–Kier alpha value is -1.35. The van der Waals surface area contributed by atoms with E-state index < -0.39 is 0 Å². The molecular formula is C17H22O3. The highest BCUT2D eigenvalue weighted by Crippen LogP contribution is 2.54. The first-order valence-electron chi connectivity index (χ1n) is 7.44. The molecule has 3 nitrogen and oxygen atoms in total. The maximum absolute atomic E-state index is 12.5. The quantitative estimate of drug-likeness (QED) is 0.789. The Balaban J connectivity index is 1.61. The van der Waals surface area contributed by atoms with Crippen molar-refractivity contribution in [3.63, 3.8) is 0 Å². The minimum absolute atomic E-state index is 0.00856. The molecule has 20 heavy (non-hydrogen) atoms. The van der Waals surface area contributed by atoms with Gasteiger partial charge in [0.25, 0.3) is 0 Å². The standard InChI is InChI=1S/C17H22O3/c1-19-17-10-7-16(8-11-17,9-12-17)15(18)20-13-14-5-3-2-4-6-14/h2-6H,7-13H2,1H3. The van der Waals surface area contributed by atoms with E-state index in [2.05, 4.69) is 0 Å². The second kappa shape index (κ2) is 5.21. The van der Waals surface area contributed by atoms with Gasteiger partial charge in [-0.1, -0.05) is 30.3 Å². The fourth-order valence-corrected chi connectivity index (χ4v) is 3.64. The van der Waals surface area contributed by atoms with Crippen LogP contribution in [0.2, 0.25) is 0 Å². The number of carbonyl (C=O) groups is 1. The molecule has 1 aromatic rings. The Bertz CT molecular complexity index is 456. The lowest BCUT2D eigenvalue weighted by molar-refractivity contribution is -0.176. The lowest BCUT2D eigenvalue weighted by Crippen LogP contribution is -2.50. The summed E-state index contributed by atoms with van der Waals surface area (Å²) in [6.45, 7) is 0.386. The summed E-state index contributed by atoms with van der Waals surface area (Å²) in [7, 11) is 1.80. The van der Waals surface area contributed by atoms with Gasteiger partial charge in [-0.3, -0.25) is 4.79 Å². The van der Waals surface area contributed by atoms with Crippen LogP contribution in [0, 0.1) is 5.41 Å². The molecular weight excluding hydrogens is 252 g/mol. The summed E-state index contributed by atoms with van der Waals surface area (Å²) in [6, 6.07) is 9.88. The molecule has 0 amide bonds. The van der Waals surface area contributed by atoms with Gasteiger partial charge in [0.1, 0.15) is 6.61 Å². The van der Waals surface area contributed by atoms with Crippen molar-refractivity contribution >= 4 is 5.97 Å². The third kappa shape index (κ3) is 2.35. The van der Waals surface area contributed by atoms with Crippen LogP contribution in [0.25, 0.3) is 0 Å². The highest BCUT2D eigenvalue weighted by molar-refractivity contribution is 5.77. The first-order valence-corrected chi connectivity index (χ1v) is 7.44. The number of fused-ring (bicyclic) bond motifs is 3. The fourth-order valence-electron chi connectivity index (χ4n) is 3.64. The van der Waals surface area contributed by atoms with Gasteiger partial charge in [0, 0.05) is 7.11 Å². The van der Waals surface area contributed by atoms with Crippen LogP contribution >= 0.6 is 0 Å². The van der Waals surface area contributed by atoms with E-state index in [1.54, 1.807) is 7.11 Å². The topological polar surface area (TPSA) is 35.5 Å². The van der Waals surface area contributed by atoms with Crippen LogP contribution in [0.1, 0.15) is 44.1 Å². The number of ether oxygens (including phenoxy) is 2. The summed E-state index contributed by atoms with van der Waals surface area (Å²) in [5, 5.41) is 0. The van der Waals surface area contributed by atoms with Gasteiger partial charge in [-0.05, 0) is 44.1 Å². The molecule has 0 heterocycles. The molecule has 3 heteroatoms. The average molecular weight is 274 g/mol. The third-order valence-electron chi connectivity index (χ3n) is 5.26. The molecule has 0 aromatic heterocycles. The minimum atomic E-state index is -0.241. The molecule has 0 aliphatic heterocycles. The Kier molecular flexibility index (Phi) is 3.55. The maximum Gasteiger partial charge on any atom is 0.312 e. The second-order valence-corrected chi connectivity index (χ2v) is 6.23. The van der Waals surface area contributed by atoms with Crippen molar-refractivity contribution < 1.29 is 14.3 Å². The van der Waals surface area contributed by atoms with Crippen LogP contribution in [-0.4, -0.2) is 18.7 Å². The fraction of sp³-hybridized carbons (Fsp3) is 0.588. The number of carbonyl (C=O) groups excluding carboxylic acids is 1. The normalized spacial score (nSPS) is 32.0. The van der Waals surface area contributed by atoms with Gasteiger partial charge in [-0.15, -0.1) is 0 Å². The van der Waals surface area contributed by atoms with Crippen LogP contribution in [0.4, 0.5) is 0 Å². The highest BCUT2D eigenvalue weighted by Gasteiger charge is 2.53. The van der Waals surface area contributed by atoms with E-state index in [-0.39, 0.29) is 17.0 Å². The van der Waals surface area contributed by atoms with Crippen LogP contribution in [0.3, 0.4) is 0 Å². The van der Waals surface area contributed by atoms with Crippen LogP contribution < -0.4 is 0 Å². The molecule has 3 aliphatic rings. The maximum atomic E-state index is 12.5. The van der Waals surface area contributed by atoms with Crippen molar-refractivity contribution in [2.75, 3.05) is 7.11 Å². The van der Waals surface area contributed by atoms with Crippen LogP contribution in [0.5, 0.6) is 0 Å². The second-order valence-electron chi connectivity index (χ2n) is 6.23. The smallest absolute Gasteiger partial charge is 0.312 e. The van der Waals surface area contributed by atoms with E-state index >= 15 is 0 Å². The summed E-state index contributed by atoms with van der Waals surface area (Å²) >= 11 is 0. The molecule has 0 radical (unpaired) electrons. The van der Waals surface area contributed by atoms with E-state index in [4.69, 9.17) is 9.47 Å². The van der Waals surface area contributed by atoms with E-state index in [1.807, 2.05) is 30.3 Å². The molecule has 0 N–H and O–H groups in total. The lowest BCUT2D eigenvalue weighted by atomic mass is 9.58. The van der Waals surface area contributed by atoms with Crippen molar-refractivity contribution in [1.82, 2.24) is 0 Å². The monoisotopic (exact) mass is 274 g/mol. The summed E-state index contributed by atoms with van der Waals surface area (Å²) in [4.78, 5) is 12.5. The minimum Gasteiger partial charge on any atom is -0.460 e. The number of rotatable bonds is 4. The zero-order valence-corrected chi connectivity index (χ0v) is 12.1. The van der Waals surface area contributed by atoms with Crippen LogP contribution in [0.15, 0.2) is 30.3 Å². The summed E-state index contributed by atoms with van der Waals surface area (Å²) < 4.78 is 11.2. The van der Waals surface area contributed by atoms with Crippen LogP contribution in [-0.2, 0) is 20.9 Å². The first kappa shape index (κ1) is 13.6. The average Bonchev–Trinajstić information content (AvgIpc) is 2.55. The van der Waals surface area contributed by atoms with E-state index in [1.165, 1.54) is 0 Å². The molecule has 108 valence electrons. The molecule has 3 fully saturated rings. The Morgan fingerprint density at radius 1 is 1.05 bits per heavy atom. The molecule has 0 saturated heterocycles. The highest BCUT2D eigenvalue weighted by atomic mass is 16.5. The SMILES string of the molecule is COC12CCC(C(=O)OCc3ccccc3)(CC1)CC2. The summed E-state index contributed by atoms with van der Waals surface area (Å²) in [5.74, 6) is -0.00856. The van der Waals surface area contributed by atoms with Gasteiger partial charge in [0.15, 0.2) is 0 Å². The zero-order valence-electron chi connectivity index (χ0n) is 12.1. The lowest BCUT2D eigenvalue weighted by Gasteiger charge is -2.50. The molecule has 0 spiro atoms. The zero-order chi connectivity index (χ0) is 14.1. The van der Waals surface area contributed by atoms with Crippen molar-refractivity contribution in [2.24, 2.45) is 5.41 Å². The predicted octanol–water partition coefficient (Wildman–Crippen LogP) is 3.47. The van der Waals surface area contributed by atoms with Gasteiger partial charge < -0.3 is 9.47 Å². The van der Waals surface area contributed by atoms with Crippen molar-refractivity contribution in [2.45, 2.75) is 50.7 Å². The molecule has 0 unspecified atom stereocenters. The number of hydrogen-bond acceptors (Lipinski definition) is 3.